The number of benzene rings is 2. The van der Waals surface area contributed by atoms with Gasteiger partial charge in [0, 0.05) is 0 Å². The van der Waals surface area contributed by atoms with E-state index in [1.165, 1.54) is 13.3 Å². The van der Waals surface area contributed by atoms with Crippen LogP contribution < -0.4 is 9.73 Å². The fourth-order valence-electron chi connectivity index (χ4n) is 2.59. The van der Waals surface area contributed by atoms with Gasteiger partial charge in [-0.25, -0.2) is 18.6 Å². The van der Waals surface area contributed by atoms with Crippen LogP contribution in [0.25, 0.3) is 0 Å². The van der Waals surface area contributed by atoms with Crippen molar-refractivity contribution in [2.75, 3.05) is 24.2 Å². The van der Waals surface area contributed by atoms with Crippen LogP contribution in [-0.4, -0.2) is 46.4 Å². The lowest BCUT2D eigenvalue weighted by atomic mass is 10.0. The molecule has 0 fully saturated rings. The molecule has 0 aliphatic heterocycles. The lowest BCUT2D eigenvalue weighted by Crippen LogP contribution is -2.39. The number of sulfonamides is 1. The van der Waals surface area contributed by atoms with Crippen molar-refractivity contribution in [2.45, 2.75) is 19.8 Å². The smallest absolute Gasteiger partial charge is 0.337 e. The van der Waals surface area contributed by atoms with Crippen molar-refractivity contribution < 1.29 is 22.7 Å². The normalized spacial score (nSPS) is 11.5. The number of anilines is 1. The summed E-state index contributed by atoms with van der Waals surface area (Å²) in [6.45, 7) is 3.67. The van der Waals surface area contributed by atoms with Gasteiger partial charge >= 0.3 is 5.97 Å². The number of hydrogen-bond acceptors (Lipinski definition) is 6. The van der Waals surface area contributed by atoms with E-state index in [1.807, 2.05) is 26.0 Å². The number of amides is 1. The molecule has 0 aliphatic rings. The molecule has 1 N–H and O–H groups in total. The summed E-state index contributed by atoms with van der Waals surface area (Å²) in [6.07, 6.45) is 2.43. The van der Waals surface area contributed by atoms with E-state index in [0.29, 0.717) is 22.7 Å². The summed E-state index contributed by atoms with van der Waals surface area (Å²) in [7, 11) is -2.36. The van der Waals surface area contributed by atoms with Gasteiger partial charge in [0.15, 0.2) is 0 Å². The summed E-state index contributed by atoms with van der Waals surface area (Å²) in [4.78, 5) is 23.6. The highest BCUT2D eigenvalue weighted by atomic mass is 32.2. The largest absolute Gasteiger partial charge is 0.465 e. The molecule has 0 aromatic heterocycles. The summed E-state index contributed by atoms with van der Waals surface area (Å²) in [5, 5.41) is 3.84. The summed E-state index contributed by atoms with van der Waals surface area (Å²) >= 11 is 0. The third kappa shape index (κ3) is 6.41. The standard InChI is InChI=1S/C21H25N3O5S/c1-15(2)17-9-11-19(12-10-17)24(30(4,27)28)14-20(25)23-22-13-16-5-7-18(8-6-16)21(26)29-3/h5-13,15H,14H2,1-4H3,(H,23,25)/b22-13-. The number of nitrogens with zero attached hydrogens (tertiary/aromatic N) is 2. The molecule has 0 saturated carbocycles. The van der Waals surface area contributed by atoms with Gasteiger partial charge in [-0.1, -0.05) is 38.1 Å². The number of carbonyl (C=O) groups excluding carboxylic acids is 2. The third-order valence-electron chi connectivity index (χ3n) is 4.27. The number of hydrogen-bond donors (Lipinski definition) is 1. The Labute approximate surface area is 176 Å². The number of ether oxygens (including phenoxy) is 1. The van der Waals surface area contributed by atoms with Crippen LogP contribution in [0.5, 0.6) is 0 Å². The maximum absolute atomic E-state index is 12.2. The highest BCUT2D eigenvalue weighted by Crippen LogP contribution is 2.21. The van der Waals surface area contributed by atoms with Crippen molar-refractivity contribution in [1.29, 1.82) is 0 Å². The molecule has 2 aromatic carbocycles. The monoisotopic (exact) mass is 431 g/mol. The van der Waals surface area contributed by atoms with Gasteiger partial charge in [-0.2, -0.15) is 5.10 Å². The third-order valence-corrected chi connectivity index (χ3v) is 5.41. The maximum atomic E-state index is 12.2. The number of carbonyl (C=O) groups is 2. The van der Waals surface area contributed by atoms with Crippen molar-refractivity contribution in [3.63, 3.8) is 0 Å². The predicted octanol–water partition coefficient (Wildman–Crippen LogP) is 2.51. The summed E-state index contributed by atoms with van der Waals surface area (Å²) in [5.41, 5.74) is 4.83. The van der Waals surface area contributed by atoms with Crippen molar-refractivity contribution >= 4 is 33.8 Å². The quantitative estimate of drug-likeness (QED) is 0.393. The SMILES string of the molecule is COC(=O)c1ccc(/C=N\NC(=O)CN(c2ccc(C(C)C)cc2)S(C)(=O)=O)cc1. The Hall–Kier alpha value is -3.20. The van der Waals surface area contributed by atoms with E-state index in [0.717, 1.165) is 16.1 Å². The Morgan fingerprint density at radius 3 is 2.20 bits per heavy atom. The Bertz CT molecular complexity index is 1010. The molecule has 160 valence electrons. The molecule has 8 nitrogen and oxygen atoms in total. The lowest BCUT2D eigenvalue weighted by Gasteiger charge is -2.21. The summed E-state index contributed by atoms with van der Waals surface area (Å²) in [6, 6.07) is 13.5. The molecule has 0 heterocycles. The number of esters is 1. The Morgan fingerprint density at radius 2 is 1.70 bits per heavy atom. The van der Waals surface area contributed by atoms with Gasteiger partial charge in [-0.15, -0.1) is 0 Å². The molecule has 30 heavy (non-hydrogen) atoms. The van der Waals surface area contributed by atoms with Crippen LogP contribution in [0.4, 0.5) is 5.69 Å². The number of nitrogens with one attached hydrogen (secondary N) is 1. The molecule has 0 atom stereocenters. The second-order valence-electron chi connectivity index (χ2n) is 6.92. The van der Waals surface area contributed by atoms with Gasteiger partial charge in [-0.05, 0) is 41.3 Å². The molecular formula is C21H25N3O5S. The van der Waals surface area contributed by atoms with Crippen LogP contribution in [0, 0.1) is 0 Å². The Kier molecular flexibility index (Phi) is 7.71. The van der Waals surface area contributed by atoms with Gasteiger partial charge < -0.3 is 4.74 Å². The minimum absolute atomic E-state index is 0.310. The number of methoxy groups -OCH3 is 1. The van der Waals surface area contributed by atoms with E-state index in [2.05, 4.69) is 15.3 Å². The van der Waals surface area contributed by atoms with E-state index in [4.69, 9.17) is 0 Å². The molecular weight excluding hydrogens is 406 g/mol. The van der Waals surface area contributed by atoms with Gasteiger partial charge in [0.05, 0.1) is 30.8 Å². The van der Waals surface area contributed by atoms with E-state index < -0.39 is 28.4 Å². The minimum Gasteiger partial charge on any atom is -0.465 e. The van der Waals surface area contributed by atoms with Gasteiger partial charge in [0.25, 0.3) is 5.91 Å². The summed E-state index contributed by atoms with van der Waals surface area (Å²) < 4.78 is 30.0. The van der Waals surface area contributed by atoms with Crippen LogP contribution in [0.3, 0.4) is 0 Å². The zero-order chi connectivity index (χ0) is 22.3. The molecule has 2 rings (SSSR count). The van der Waals surface area contributed by atoms with Crippen molar-refractivity contribution in [3.05, 3.63) is 65.2 Å². The average molecular weight is 432 g/mol. The van der Waals surface area contributed by atoms with E-state index >= 15 is 0 Å². The molecule has 0 bridgehead atoms. The average Bonchev–Trinajstić information content (AvgIpc) is 2.71. The van der Waals surface area contributed by atoms with Gasteiger partial charge in [0.2, 0.25) is 10.0 Å². The first-order valence-corrected chi connectivity index (χ1v) is 11.0. The van der Waals surface area contributed by atoms with E-state index in [1.54, 1.807) is 36.4 Å². The number of rotatable bonds is 8. The highest BCUT2D eigenvalue weighted by molar-refractivity contribution is 7.92. The molecule has 0 unspecified atom stereocenters. The van der Waals surface area contributed by atoms with Crippen molar-refractivity contribution in [2.24, 2.45) is 5.10 Å². The first-order chi connectivity index (χ1) is 14.1. The van der Waals surface area contributed by atoms with Crippen LogP contribution in [0.15, 0.2) is 53.6 Å². The minimum atomic E-state index is -3.66. The van der Waals surface area contributed by atoms with Crippen LogP contribution in [-0.2, 0) is 19.6 Å². The van der Waals surface area contributed by atoms with Crippen LogP contribution in [0.2, 0.25) is 0 Å². The first-order valence-electron chi connectivity index (χ1n) is 9.19. The predicted molar refractivity (Wildman–Crippen MR) is 116 cm³/mol. The fourth-order valence-corrected chi connectivity index (χ4v) is 3.45. The van der Waals surface area contributed by atoms with E-state index in [-0.39, 0.29) is 0 Å². The zero-order valence-corrected chi connectivity index (χ0v) is 18.1. The second kappa shape index (κ2) is 10.0. The molecule has 0 saturated heterocycles. The number of hydrazone groups is 1. The maximum Gasteiger partial charge on any atom is 0.337 e. The Balaban J connectivity index is 2.04. The van der Waals surface area contributed by atoms with E-state index in [9.17, 15) is 18.0 Å². The molecule has 0 radical (unpaired) electrons. The van der Waals surface area contributed by atoms with Crippen LogP contribution >= 0.6 is 0 Å². The molecule has 9 heteroatoms. The highest BCUT2D eigenvalue weighted by Gasteiger charge is 2.20. The second-order valence-corrected chi connectivity index (χ2v) is 8.83. The van der Waals surface area contributed by atoms with Crippen molar-refractivity contribution in [1.82, 2.24) is 5.43 Å². The molecule has 1 amide bonds. The molecule has 0 spiro atoms. The van der Waals surface area contributed by atoms with Gasteiger partial charge in [0.1, 0.15) is 6.54 Å². The first kappa shape index (κ1) is 23.1. The Morgan fingerprint density at radius 1 is 1.10 bits per heavy atom. The molecule has 2 aromatic rings. The summed E-state index contributed by atoms with van der Waals surface area (Å²) in [5.74, 6) is -0.727. The topological polar surface area (TPSA) is 105 Å². The van der Waals surface area contributed by atoms with Gasteiger partial charge in [-0.3, -0.25) is 9.10 Å². The zero-order valence-electron chi connectivity index (χ0n) is 17.3. The van der Waals surface area contributed by atoms with Crippen molar-refractivity contribution in [3.8, 4) is 0 Å². The lowest BCUT2D eigenvalue weighted by molar-refractivity contribution is -0.119. The molecule has 0 aliphatic carbocycles. The van der Waals surface area contributed by atoms with Crippen LogP contribution in [0.1, 0.15) is 41.3 Å². The fraction of sp³-hybridized carbons (Fsp3) is 0.286.